The second kappa shape index (κ2) is 25.7. The van der Waals surface area contributed by atoms with E-state index in [2.05, 4.69) is 16.0 Å². The van der Waals surface area contributed by atoms with Crippen LogP contribution >= 0.6 is 16.1 Å². The quantitative estimate of drug-likeness (QED) is 0.0345. The number of hydrogen-bond donors (Lipinski definition) is 2. The first-order valence-corrected chi connectivity index (χ1v) is 27.4. The highest BCUT2D eigenvalue weighted by molar-refractivity contribution is 7.54. The molecule has 0 bridgehead atoms. The third-order valence-corrected chi connectivity index (χ3v) is 17.2. The van der Waals surface area contributed by atoms with E-state index in [9.17, 15) is 24.4 Å². The fourth-order valence-corrected chi connectivity index (χ4v) is 12.4. The number of H-pyrrole nitrogens is 2. The van der Waals surface area contributed by atoms with Gasteiger partial charge in [-0.3, -0.25) is 33.3 Å². The van der Waals surface area contributed by atoms with Crippen LogP contribution in [-0.4, -0.2) is 114 Å². The lowest BCUT2D eigenvalue weighted by atomic mass is 9.80. The van der Waals surface area contributed by atoms with E-state index in [1.807, 2.05) is 111 Å². The Morgan fingerprint density at radius 2 is 1.42 bits per heavy atom. The average Bonchev–Trinajstić information content (AvgIpc) is 3.96. The minimum absolute atomic E-state index is 0.0214. The number of methoxy groups -OCH3 is 3. The Morgan fingerprint density at radius 3 is 1.97 bits per heavy atom. The predicted octanol–water partition coefficient (Wildman–Crippen LogP) is 6.83. The highest BCUT2D eigenvalue weighted by Crippen LogP contribution is 2.58. The Labute approximate surface area is 441 Å². The summed E-state index contributed by atoms with van der Waals surface area (Å²) in [5.41, 5.74) is -1.72. The van der Waals surface area contributed by atoms with Crippen molar-refractivity contribution in [3.8, 4) is 17.6 Å². The summed E-state index contributed by atoms with van der Waals surface area (Å²) in [6, 6.07) is 27.4. The minimum Gasteiger partial charge on any atom is -0.497 e. The van der Waals surface area contributed by atoms with Gasteiger partial charge < -0.3 is 51.3 Å². The molecule has 0 amide bonds. The summed E-state index contributed by atoms with van der Waals surface area (Å²) in [5.74, 6) is -0.238. The molecule has 2 fully saturated rings. The Bertz CT molecular complexity index is 2980. The van der Waals surface area contributed by atoms with Gasteiger partial charge in [0.2, 0.25) is 0 Å². The van der Waals surface area contributed by atoms with Gasteiger partial charge in [-0.1, -0.05) is 54.6 Å². The number of aromatic amines is 2. The zero-order valence-corrected chi connectivity index (χ0v) is 45.8. The summed E-state index contributed by atoms with van der Waals surface area (Å²) in [5, 5.41) is 9.42. The molecule has 22 nitrogen and oxygen atoms in total. The topological polar surface area (TPSA) is 255 Å². The number of nitriles is 1. The number of nitrogens with zero attached hydrogens (tertiary/aromatic N) is 4. The minimum atomic E-state index is -4.50. The number of nitrogens with one attached hydrogen (secondary N) is 2. The summed E-state index contributed by atoms with van der Waals surface area (Å²) in [7, 11) is -0.766. The normalized spacial score (nSPS) is 22.4. The van der Waals surface area contributed by atoms with E-state index in [0.717, 1.165) is 16.2 Å². The van der Waals surface area contributed by atoms with E-state index in [-0.39, 0.29) is 43.7 Å². The average molecular weight is 1090 g/mol. The molecule has 3 aromatic carbocycles. The van der Waals surface area contributed by atoms with Crippen LogP contribution in [0.5, 0.6) is 11.5 Å². The Balaban J connectivity index is 1.27. The largest absolute Gasteiger partial charge is 0.497 e. The first kappa shape index (κ1) is 58.1. The number of aromatic nitrogens is 4. The van der Waals surface area contributed by atoms with E-state index in [0.29, 0.717) is 22.6 Å². The first-order valence-electron chi connectivity index (χ1n) is 24.6. The second-order valence-electron chi connectivity index (χ2n) is 18.5. The lowest BCUT2D eigenvalue weighted by Crippen LogP contribution is -2.42. The summed E-state index contributed by atoms with van der Waals surface area (Å²) in [6.45, 7) is 10.6. The number of benzene rings is 3. The monoisotopic (exact) mass is 1090 g/mol. The third-order valence-electron chi connectivity index (χ3n) is 13.0. The Hall–Kier alpha value is -5.63. The molecule has 0 radical (unpaired) electrons. The predicted molar refractivity (Wildman–Crippen MR) is 279 cm³/mol. The van der Waals surface area contributed by atoms with Gasteiger partial charge in [-0.15, -0.1) is 0 Å². The number of hydrogen-bond acceptors (Lipinski definition) is 18. The molecule has 2 aliphatic rings. The van der Waals surface area contributed by atoms with E-state index < -0.39 is 93.2 Å². The van der Waals surface area contributed by atoms with Crippen molar-refractivity contribution in [3.05, 3.63) is 161 Å². The molecule has 3 unspecified atom stereocenters. The maximum absolute atomic E-state index is 15.5. The van der Waals surface area contributed by atoms with Crippen molar-refractivity contribution < 1.29 is 55.8 Å². The van der Waals surface area contributed by atoms with Crippen LogP contribution in [0.25, 0.3) is 0 Å². The first-order chi connectivity index (χ1) is 36.4. The van der Waals surface area contributed by atoms with Crippen LogP contribution in [0, 0.1) is 18.3 Å². The van der Waals surface area contributed by atoms with Crippen molar-refractivity contribution >= 4 is 16.1 Å². The Kier molecular flexibility index (Phi) is 19.6. The maximum atomic E-state index is 15.5. The molecule has 410 valence electrons. The second-order valence-corrected chi connectivity index (χ2v) is 22.3. The van der Waals surface area contributed by atoms with Crippen molar-refractivity contribution in [1.29, 1.82) is 5.26 Å². The molecule has 4 heterocycles. The van der Waals surface area contributed by atoms with Crippen molar-refractivity contribution in [2.75, 3.05) is 41.7 Å². The van der Waals surface area contributed by atoms with Gasteiger partial charge >= 0.3 is 19.0 Å². The van der Waals surface area contributed by atoms with Crippen LogP contribution in [0.3, 0.4) is 0 Å². The highest BCUT2D eigenvalue weighted by atomic mass is 31.2. The van der Waals surface area contributed by atoms with E-state index in [1.165, 1.54) is 38.1 Å². The standard InChI is InChI=1S/C52H66N6O16P2/c1-32(2)58(33(3)4)75(69-28-14-26-53)73-46-45(66-9)48(56-27-25-43(59)54-50(56)61)72-49(46)70-35(6)76(63,67-10)74-41-29-44(57-30-34(5)47(60)55-51(57)62)71-42(41)31-68-52(36-15-12-11-13-16-36,37-17-21-39(64-7)22-18-37)38-19-23-40(65-8)24-20-38/h11-13,15-25,27,30,32-33,35,41-42,44-46,48-49H,14,28-29,31H2,1-10H3,(H,54,59,61)(H,55,60,62)/t35?,41-,42+,44+,45+,46-,48+,49-,75?,76?/m0/s1. The number of ether oxygens (including phenoxy) is 7. The molecule has 0 aliphatic carbocycles. The smallest absolute Gasteiger partial charge is 0.359 e. The van der Waals surface area contributed by atoms with Crippen molar-refractivity contribution in [2.24, 2.45) is 0 Å². The zero-order valence-electron chi connectivity index (χ0n) is 44.1. The number of aryl methyl sites for hydroxylation is 1. The van der Waals surface area contributed by atoms with Gasteiger partial charge in [-0.25, -0.2) is 14.3 Å². The van der Waals surface area contributed by atoms with Gasteiger partial charge in [0, 0.05) is 56.7 Å². The van der Waals surface area contributed by atoms with Crippen LogP contribution in [0.2, 0.25) is 0 Å². The molecule has 2 saturated heterocycles. The van der Waals surface area contributed by atoms with Gasteiger partial charge in [0.05, 0.1) is 39.9 Å². The summed E-state index contributed by atoms with van der Waals surface area (Å²) in [6.07, 6.45) is -5.79. The summed E-state index contributed by atoms with van der Waals surface area (Å²) < 4.78 is 89.1. The highest BCUT2D eigenvalue weighted by Gasteiger charge is 2.54. The molecule has 10 atom stereocenters. The van der Waals surface area contributed by atoms with Crippen LogP contribution < -0.4 is 32.0 Å². The van der Waals surface area contributed by atoms with Crippen molar-refractivity contribution in [2.45, 2.75) is 121 Å². The summed E-state index contributed by atoms with van der Waals surface area (Å²) >= 11 is 0. The molecule has 0 spiro atoms. The van der Waals surface area contributed by atoms with Crippen LogP contribution in [0.1, 0.15) is 82.2 Å². The molecule has 2 aromatic heterocycles. The maximum Gasteiger partial charge on any atom is 0.359 e. The molecule has 5 aromatic rings. The van der Waals surface area contributed by atoms with Crippen LogP contribution in [-0.2, 0) is 51.9 Å². The van der Waals surface area contributed by atoms with Crippen molar-refractivity contribution in [3.63, 3.8) is 0 Å². The fourth-order valence-electron chi connectivity index (χ4n) is 9.28. The van der Waals surface area contributed by atoms with Gasteiger partial charge in [0.15, 0.2) is 18.4 Å². The van der Waals surface area contributed by atoms with Gasteiger partial charge in [0.1, 0.15) is 47.7 Å². The zero-order chi connectivity index (χ0) is 54.9. The summed E-state index contributed by atoms with van der Waals surface area (Å²) in [4.78, 5) is 56.1. The van der Waals surface area contributed by atoms with Crippen LogP contribution in [0.15, 0.2) is 117 Å². The van der Waals surface area contributed by atoms with E-state index >= 15 is 4.57 Å². The molecule has 7 rings (SSSR count). The fraction of sp³-hybridized carbons (Fsp3) is 0.481. The number of rotatable bonds is 25. The van der Waals surface area contributed by atoms with Crippen LogP contribution in [0.4, 0.5) is 0 Å². The van der Waals surface area contributed by atoms with Crippen molar-refractivity contribution in [1.82, 2.24) is 23.8 Å². The SMILES string of the molecule is COc1ccc(C(OC[C@H]2O[C@@H](n3cc(C)c(=O)[nH]c3=O)C[C@@H]2OP(=O)(OC)C(C)O[C@H]2O[C@@H](n3ccc(=O)[nH]c3=O)[C@H](OC)[C@@H]2OP(OCCC#N)N(C(C)C)C(C)C)(c2ccccc2)c2ccc(OC)cc2)cc1. The molecule has 2 N–H and O–H groups in total. The van der Waals surface area contributed by atoms with Gasteiger partial charge in [-0.05, 0) is 82.5 Å². The molecular weight excluding hydrogens is 1030 g/mol. The van der Waals surface area contributed by atoms with E-state index in [4.69, 9.17) is 51.3 Å². The molecule has 2 aliphatic heterocycles. The molecule has 24 heteroatoms. The lowest BCUT2D eigenvalue weighted by Gasteiger charge is -2.38. The van der Waals surface area contributed by atoms with Gasteiger partial charge in [-0.2, -0.15) is 5.26 Å². The van der Waals surface area contributed by atoms with Gasteiger partial charge in [0.25, 0.3) is 19.6 Å². The molecule has 0 saturated carbocycles. The Morgan fingerprint density at radius 1 is 0.816 bits per heavy atom. The lowest BCUT2D eigenvalue weighted by molar-refractivity contribution is -0.184. The van der Waals surface area contributed by atoms with E-state index in [1.54, 1.807) is 21.1 Å². The third kappa shape index (κ3) is 12.7. The molecule has 76 heavy (non-hydrogen) atoms. The molecular formula is C52H66N6O16P2.